The lowest BCUT2D eigenvalue weighted by atomic mass is 9.80. The molecule has 2 rings (SSSR count). The Hall–Kier alpha value is -1.13. The normalized spacial score (nSPS) is 26.9. The standard InChI is InChI=1S/C14H22N2O2/c1-13(2)10-14(17,7-8-18-13)11-5-6-12(15-9-11)16(3)4/h5-6,9,17H,7-8,10H2,1-4H3. The van der Waals surface area contributed by atoms with E-state index < -0.39 is 5.60 Å². The Morgan fingerprint density at radius 1 is 1.33 bits per heavy atom. The smallest absolute Gasteiger partial charge is 0.127 e. The van der Waals surface area contributed by atoms with E-state index in [1.807, 2.05) is 45.0 Å². The molecule has 1 unspecified atom stereocenters. The minimum Gasteiger partial charge on any atom is -0.385 e. The second-order valence-corrected chi connectivity index (χ2v) is 5.87. The Labute approximate surface area is 109 Å². The molecule has 0 bridgehead atoms. The summed E-state index contributed by atoms with van der Waals surface area (Å²) in [6, 6.07) is 3.90. The number of anilines is 1. The lowest BCUT2D eigenvalue weighted by molar-refractivity contribution is -0.148. The predicted octanol–water partition coefficient (Wildman–Crippen LogP) is 1.92. The number of hydrogen-bond donors (Lipinski definition) is 1. The minimum atomic E-state index is -0.820. The van der Waals surface area contributed by atoms with Gasteiger partial charge in [-0.1, -0.05) is 6.07 Å². The van der Waals surface area contributed by atoms with Crippen LogP contribution in [0.2, 0.25) is 0 Å². The number of nitrogens with zero attached hydrogens (tertiary/aromatic N) is 2. The molecule has 100 valence electrons. The van der Waals surface area contributed by atoms with Gasteiger partial charge in [0.25, 0.3) is 0 Å². The Morgan fingerprint density at radius 2 is 2.06 bits per heavy atom. The summed E-state index contributed by atoms with van der Waals surface area (Å²) in [6.07, 6.45) is 3.00. The van der Waals surface area contributed by atoms with E-state index in [0.29, 0.717) is 19.4 Å². The Kier molecular flexibility index (Phi) is 3.34. The van der Waals surface area contributed by atoms with Crippen LogP contribution in [0.4, 0.5) is 5.82 Å². The maximum atomic E-state index is 10.8. The van der Waals surface area contributed by atoms with Crippen LogP contribution >= 0.6 is 0 Å². The molecule has 0 spiro atoms. The second-order valence-electron chi connectivity index (χ2n) is 5.87. The van der Waals surface area contributed by atoms with E-state index in [1.165, 1.54) is 0 Å². The molecule has 1 aromatic heterocycles. The molecule has 1 atom stereocenters. The molecule has 1 saturated heterocycles. The molecule has 18 heavy (non-hydrogen) atoms. The van der Waals surface area contributed by atoms with Crippen LogP contribution in [0.5, 0.6) is 0 Å². The monoisotopic (exact) mass is 250 g/mol. The highest BCUT2D eigenvalue weighted by atomic mass is 16.5. The van der Waals surface area contributed by atoms with Crippen LogP contribution in [0, 0.1) is 0 Å². The molecule has 2 heterocycles. The molecule has 1 N–H and O–H groups in total. The quantitative estimate of drug-likeness (QED) is 0.871. The Bertz CT molecular complexity index is 414. The van der Waals surface area contributed by atoms with Gasteiger partial charge < -0.3 is 14.7 Å². The summed E-state index contributed by atoms with van der Waals surface area (Å²) in [7, 11) is 3.91. The fourth-order valence-electron chi connectivity index (χ4n) is 2.51. The molecular formula is C14H22N2O2. The Morgan fingerprint density at radius 3 is 2.56 bits per heavy atom. The molecule has 0 amide bonds. The summed E-state index contributed by atoms with van der Waals surface area (Å²) >= 11 is 0. The lowest BCUT2D eigenvalue weighted by Crippen LogP contribution is -2.43. The molecule has 4 nitrogen and oxygen atoms in total. The molecule has 0 aromatic carbocycles. The first-order valence-corrected chi connectivity index (χ1v) is 6.33. The highest BCUT2D eigenvalue weighted by Crippen LogP contribution is 2.39. The second kappa shape index (κ2) is 4.52. The number of hydrogen-bond acceptors (Lipinski definition) is 4. The van der Waals surface area contributed by atoms with E-state index in [-0.39, 0.29) is 5.60 Å². The third-order valence-corrected chi connectivity index (χ3v) is 3.47. The van der Waals surface area contributed by atoms with Crippen molar-refractivity contribution in [3.8, 4) is 0 Å². The average molecular weight is 250 g/mol. The maximum Gasteiger partial charge on any atom is 0.127 e. The van der Waals surface area contributed by atoms with Crippen molar-refractivity contribution in [1.29, 1.82) is 0 Å². The maximum absolute atomic E-state index is 10.8. The Balaban J connectivity index is 2.24. The minimum absolute atomic E-state index is 0.285. The summed E-state index contributed by atoms with van der Waals surface area (Å²) in [6.45, 7) is 4.61. The van der Waals surface area contributed by atoms with E-state index >= 15 is 0 Å². The van der Waals surface area contributed by atoms with Crippen molar-refractivity contribution in [2.45, 2.75) is 37.9 Å². The summed E-state index contributed by atoms with van der Waals surface area (Å²) < 4.78 is 5.66. The lowest BCUT2D eigenvalue weighted by Gasteiger charge is -2.41. The fraction of sp³-hybridized carbons (Fsp3) is 0.643. The van der Waals surface area contributed by atoms with Crippen molar-refractivity contribution in [3.05, 3.63) is 23.9 Å². The molecule has 0 saturated carbocycles. The molecule has 1 aliphatic heterocycles. The molecule has 1 aromatic rings. The summed E-state index contributed by atoms with van der Waals surface area (Å²) in [5.74, 6) is 0.897. The van der Waals surface area contributed by atoms with E-state index in [9.17, 15) is 5.11 Å². The molecule has 1 fully saturated rings. The van der Waals surface area contributed by atoms with Gasteiger partial charge in [-0.25, -0.2) is 4.98 Å². The van der Waals surface area contributed by atoms with Gasteiger partial charge in [-0.3, -0.25) is 0 Å². The van der Waals surface area contributed by atoms with Crippen LogP contribution < -0.4 is 4.90 Å². The summed E-state index contributed by atoms with van der Waals surface area (Å²) in [5, 5.41) is 10.8. The van der Waals surface area contributed by atoms with E-state index in [4.69, 9.17) is 4.74 Å². The zero-order chi connectivity index (χ0) is 13.4. The number of rotatable bonds is 2. The van der Waals surface area contributed by atoms with Crippen LogP contribution in [0.1, 0.15) is 32.3 Å². The van der Waals surface area contributed by atoms with Crippen molar-refractivity contribution >= 4 is 5.82 Å². The topological polar surface area (TPSA) is 45.6 Å². The molecule has 1 aliphatic rings. The van der Waals surface area contributed by atoms with Crippen LogP contribution in [-0.2, 0) is 10.3 Å². The average Bonchev–Trinajstić information content (AvgIpc) is 2.27. The third-order valence-electron chi connectivity index (χ3n) is 3.47. The molecule has 0 radical (unpaired) electrons. The van der Waals surface area contributed by atoms with Crippen LogP contribution in [-0.4, -0.2) is 36.4 Å². The van der Waals surface area contributed by atoms with Gasteiger partial charge in [-0.2, -0.15) is 0 Å². The first-order chi connectivity index (χ1) is 8.32. The van der Waals surface area contributed by atoms with Crippen LogP contribution in [0.3, 0.4) is 0 Å². The van der Waals surface area contributed by atoms with Gasteiger partial charge in [0.1, 0.15) is 5.82 Å². The van der Waals surface area contributed by atoms with Crippen LogP contribution in [0.25, 0.3) is 0 Å². The first-order valence-electron chi connectivity index (χ1n) is 6.33. The van der Waals surface area contributed by atoms with Crippen molar-refractivity contribution in [3.63, 3.8) is 0 Å². The molecular weight excluding hydrogens is 228 g/mol. The first kappa shape index (κ1) is 13.3. The summed E-state index contributed by atoms with van der Waals surface area (Å²) in [4.78, 5) is 6.32. The molecule has 4 heteroatoms. The third kappa shape index (κ3) is 2.65. The van der Waals surface area contributed by atoms with E-state index in [1.54, 1.807) is 6.20 Å². The van der Waals surface area contributed by atoms with Crippen LogP contribution in [0.15, 0.2) is 18.3 Å². The number of pyridine rings is 1. The number of ether oxygens (including phenoxy) is 1. The number of aliphatic hydroxyl groups is 1. The SMILES string of the molecule is CN(C)c1ccc(C2(O)CCOC(C)(C)C2)cn1. The number of aromatic nitrogens is 1. The van der Waals surface area contributed by atoms with Crippen molar-refractivity contribution in [1.82, 2.24) is 4.98 Å². The van der Waals surface area contributed by atoms with Gasteiger partial charge in [0.15, 0.2) is 0 Å². The highest BCUT2D eigenvalue weighted by Gasteiger charge is 2.40. The van der Waals surface area contributed by atoms with Gasteiger partial charge in [0, 0.05) is 38.7 Å². The van der Waals surface area contributed by atoms with Gasteiger partial charge in [0.2, 0.25) is 0 Å². The predicted molar refractivity (Wildman–Crippen MR) is 71.7 cm³/mol. The van der Waals surface area contributed by atoms with Gasteiger partial charge in [0.05, 0.1) is 17.8 Å². The van der Waals surface area contributed by atoms with E-state index in [0.717, 1.165) is 11.4 Å². The zero-order valence-electron chi connectivity index (χ0n) is 11.6. The van der Waals surface area contributed by atoms with Crippen molar-refractivity contribution in [2.75, 3.05) is 25.6 Å². The highest BCUT2D eigenvalue weighted by molar-refractivity contribution is 5.38. The molecule has 0 aliphatic carbocycles. The van der Waals surface area contributed by atoms with E-state index in [2.05, 4.69) is 4.98 Å². The zero-order valence-corrected chi connectivity index (χ0v) is 11.6. The largest absolute Gasteiger partial charge is 0.385 e. The van der Waals surface area contributed by atoms with Crippen molar-refractivity contribution < 1.29 is 9.84 Å². The van der Waals surface area contributed by atoms with Gasteiger partial charge in [-0.05, 0) is 19.9 Å². The summed E-state index contributed by atoms with van der Waals surface area (Å²) in [5.41, 5.74) is -0.225. The fourth-order valence-corrected chi connectivity index (χ4v) is 2.51. The van der Waals surface area contributed by atoms with Gasteiger partial charge in [-0.15, -0.1) is 0 Å². The van der Waals surface area contributed by atoms with Crippen molar-refractivity contribution in [2.24, 2.45) is 0 Å². The van der Waals surface area contributed by atoms with Gasteiger partial charge >= 0.3 is 0 Å².